The van der Waals surface area contributed by atoms with Gasteiger partial charge in [-0.2, -0.15) is 0 Å². The van der Waals surface area contributed by atoms with Gasteiger partial charge in [0, 0.05) is 36.9 Å². The number of nitrogens with two attached hydrogens (primary N) is 1. The van der Waals surface area contributed by atoms with Crippen LogP contribution < -0.4 is 10.6 Å². The molecule has 1 aromatic carbocycles. The average molecular weight is 254 g/mol. The molecule has 0 aliphatic carbocycles. The van der Waals surface area contributed by atoms with Gasteiger partial charge in [0.05, 0.1) is 0 Å². The monoisotopic (exact) mass is 253 g/mol. The second-order valence-electron chi connectivity index (χ2n) is 4.62. The molecular formula is C13H20ClN3. The average Bonchev–Trinajstić information content (AvgIpc) is 2.54. The number of rotatable bonds is 2. The van der Waals surface area contributed by atoms with Crippen LogP contribution in [0.5, 0.6) is 0 Å². The first-order valence-corrected chi connectivity index (χ1v) is 6.50. The van der Waals surface area contributed by atoms with E-state index in [-0.39, 0.29) is 0 Å². The van der Waals surface area contributed by atoms with Crippen LogP contribution in [0.25, 0.3) is 0 Å². The van der Waals surface area contributed by atoms with Crippen LogP contribution in [-0.4, -0.2) is 38.1 Å². The fourth-order valence-corrected chi connectivity index (χ4v) is 2.46. The zero-order chi connectivity index (χ0) is 12.3. The van der Waals surface area contributed by atoms with Crippen molar-refractivity contribution in [3.05, 3.63) is 28.8 Å². The zero-order valence-electron chi connectivity index (χ0n) is 10.3. The van der Waals surface area contributed by atoms with E-state index in [1.807, 2.05) is 18.2 Å². The Morgan fingerprint density at radius 1 is 1.24 bits per heavy atom. The molecule has 1 fully saturated rings. The summed E-state index contributed by atoms with van der Waals surface area (Å²) in [5.74, 6) is 0. The van der Waals surface area contributed by atoms with Gasteiger partial charge in [-0.15, -0.1) is 0 Å². The van der Waals surface area contributed by atoms with Crippen molar-refractivity contribution in [2.75, 3.05) is 38.1 Å². The first-order chi connectivity index (χ1) is 8.20. The van der Waals surface area contributed by atoms with Gasteiger partial charge in [0.1, 0.15) is 0 Å². The molecule has 2 N–H and O–H groups in total. The number of likely N-dealkylation sites (N-methyl/N-ethyl adjacent to an activating group) is 1. The van der Waals surface area contributed by atoms with Crippen molar-refractivity contribution in [1.82, 2.24) is 4.90 Å². The molecule has 4 heteroatoms. The van der Waals surface area contributed by atoms with Gasteiger partial charge in [0.25, 0.3) is 0 Å². The van der Waals surface area contributed by atoms with E-state index in [4.69, 9.17) is 17.3 Å². The van der Waals surface area contributed by atoms with Gasteiger partial charge in [-0.1, -0.05) is 17.7 Å². The van der Waals surface area contributed by atoms with E-state index in [0.717, 1.165) is 31.2 Å². The largest absolute Gasteiger partial charge is 0.370 e. The summed E-state index contributed by atoms with van der Waals surface area (Å²) in [5, 5.41) is 0.787. The molecule has 3 nitrogen and oxygen atoms in total. The van der Waals surface area contributed by atoms with Crippen molar-refractivity contribution in [2.24, 2.45) is 5.73 Å². The van der Waals surface area contributed by atoms with E-state index in [1.54, 1.807) is 0 Å². The highest BCUT2D eigenvalue weighted by molar-refractivity contribution is 6.30. The van der Waals surface area contributed by atoms with Crippen LogP contribution in [0.2, 0.25) is 5.02 Å². The molecule has 0 atom stereocenters. The van der Waals surface area contributed by atoms with Crippen LogP contribution in [0.1, 0.15) is 12.0 Å². The van der Waals surface area contributed by atoms with Gasteiger partial charge >= 0.3 is 0 Å². The van der Waals surface area contributed by atoms with E-state index in [1.165, 1.54) is 17.7 Å². The number of hydrogen-bond donors (Lipinski definition) is 1. The predicted molar refractivity (Wildman–Crippen MR) is 73.7 cm³/mol. The van der Waals surface area contributed by atoms with Gasteiger partial charge in [-0.05, 0) is 37.7 Å². The van der Waals surface area contributed by atoms with Gasteiger partial charge < -0.3 is 15.5 Å². The second kappa shape index (κ2) is 5.71. The maximum absolute atomic E-state index is 6.08. The number of halogens is 1. The Morgan fingerprint density at radius 3 is 2.82 bits per heavy atom. The Balaban J connectivity index is 2.22. The third-order valence-corrected chi connectivity index (χ3v) is 3.56. The first kappa shape index (κ1) is 12.7. The highest BCUT2D eigenvalue weighted by Crippen LogP contribution is 2.25. The first-order valence-electron chi connectivity index (χ1n) is 6.12. The smallest absolute Gasteiger partial charge is 0.0427 e. The molecule has 0 spiro atoms. The van der Waals surface area contributed by atoms with Crippen LogP contribution in [0.15, 0.2) is 18.2 Å². The summed E-state index contributed by atoms with van der Waals surface area (Å²) in [7, 11) is 2.17. The minimum Gasteiger partial charge on any atom is -0.370 e. The Kier molecular flexibility index (Phi) is 4.26. The number of benzene rings is 1. The molecule has 1 saturated heterocycles. The number of hydrogen-bond acceptors (Lipinski definition) is 3. The lowest BCUT2D eigenvalue weighted by molar-refractivity contribution is 0.360. The molecule has 0 unspecified atom stereocenters. The third kappa shape index (κ3) is 3.12. The number of anilines is 1. The molecule has 0 aromatic heterocycles. The summed E-state index contributed by atoms with van der Waals surface area (Å²) >= 11 is 6.08. The maximum atomic E-state index is 6.08. The highest BCUT2D eigenvalue weighted by atomic mass is 35.5. The fourth-order valence-electron chi connectivity index (χ4n) is 2.29. The summed E-state index contributed by atoms with van der Waals surface area (Å²) in [4.78, 5) is 4.77. The summed E-state index contributed by atoms with van der Waals surface area (Å²) in [6, 6.07) is 5.98. The molecule has 1 heterocycles. The quantitative estimate of drug-likeness (QED) is 0.875. The van der Waals surface area contributed by atoms with Crippen LogP contribution in [0, 0.1) is 0 Å². The molecule has 94 valence electrons. The SMILES string of the molecule is CN1CCCN(c2cc(Cl)ccc2CN)CC1. The Bertz CT molecular complexity index is 381. The summed E-state index contributed by atoms with van der Waals surface area (Å²) < 4.78 is 0. The Hall–Kier alpha value is -0.770. The van der Waals surface area contributed by atoms with Gasteiger partial charge in [-0.3, -0.25) is 0 Å². The van der Waals surface area contributed by atoms with Crippen LogP contribution in [0.4, 0.5) is 5.69 Å². The highest BCUT2D eigenvalue weighted by Gasteiger charge is 2.15. The van der Waals surface area contributed by atoms with E-state index in [2.05, 4.69) is 16.8 Å². The molecule has 1 aliphatic rings. The minimum absolute atomic E-state index is 0.568. The maximum Gasteiger partial charge on any atom is 0.0427 e. The van der Waals surface area contributed by atoms with Crippen molar-refractivity contribution in [2.45, 2.75) is 13.0 Å². The van der Waals surface area contributed by atoms with Gasteiger partial charge in [-0.25, -0.2) is 0 Å². The minimum atomic E-state index is 0.568. The Morgan fingerprint density at radius 2 is 2.06 bits per heavy atom. The lowest BCUT2D eigenvalue weighted by Crippen LogP contribution is -2.29. The number of nitrogens with zero attached hydrogens (tertiary/aromatic N) is 2. The molecule has 1 aliphatic heterocycles. The van der Waals surface area contributed by atoms with Crippen molar-refractivity contribution in [3.63, 3.8) is 0 Å². The van der Waals surface area contributed by atoms with Crippen molar-refractivity contribution in [3.8, 4) is 0 Å². The lowest BCUT2D eigenvalue weighted by Gasteiger charge is -2.25. The Labute approximate surface area is 108 Å². The molecule has 0 saturated carbocycles. The van der Waals surface area contributed by atoms with E-state index < -0.39 is 0 Å². The van der Waals surface area contributed by atoms with Gasteiger partial charge in [0.2, 0.25) is 0 Å². The van der Waals surface area contributed by atoms with Gasteiger partial charge in [0.15, 0.2) is 0 Å². The second-order valence-corrected chi connectivity index (χ2v) is 5.06. The molecule has 0 radical (unpaired) electrons. The molecule has 0 bridgehead atoms. The van der Waals surface area contributed by atoms with Crippen LogP contribution >= 0.6 is 11.6 Å². The standard InChI is InChI=1S/C13H20ClN3/c1-16-5-2-6-17(8-7-16)13-9-12(14)4-3-11(13)10-15/h3-4,9H,2,5-8,10,15H2,1H3. The normalized spacial score (nSPS) is 18.2. The third-order valence-electron chi connectivity index (χ3n) is 3.33. The summed E-state index contributed by atoms with van der Waals surface area (Å²) in [6.07, 6.45) is 1.19. The lowest BCUT2D eigenvalue weighted by atomic mass is 10.1. The summed E-state index contributed by atoms with van der Waals surface area (Å²) in [5.41, 5.74) is 8.18. The molecular weight excluding hydrogens is 234 g/mol. The fraction of sp³-hybridized carbons (Fsp3) is 0.538. The van der Waals surface area contributed by atoms with Crippen molar-refractivity contribution >= 4 is 17.3 Å². The van der Waals surface area contributed by atoms with Crippen LogP contribution in [-0.2, 0) is 6.54 Å². The molecule has 0 amide bonds. The topological polar surface area (TPSA) is 32.5 Å². The van der Waals surface area contributed by atoms with Crippen molar-refractivity contribution in [1.29, 1.82) is 0 Å². The zero-order valence-corrected chi connectivity index (χ0v) is 11.1. The van der Waals surface area contributed by atoms with E-state index in [0.29, 0.717) is 6.54 Å². The van der Waals surface area contributed by atoms with E-state index >= 15 is 0 Å². The molecule has 1 aromatic rings. The molecule has 2 rings (SSSR count). The predicted octanol–water partition coefficient (Wildman–Crippen LogP) is 1.94. The summed E-state index contributed by atoms with van der Waals surface area (Å²) in [6.45, 7) is 4.95. The van der Waals surface area contributed by atoms with E-state index in [9.17, 15) is 0 Å². The molecule has 17 heavy (non-hydrogen) atoms. The van der Waals surface area contributed by atoms with Crippen molar-refractivity contribution < 1.29 is 0 Å². The van der Waals surface area contributed by atoms with Crippen LogP contribution in [0.3, 0.4) is 0 Å².